The largest absolute Gasteiger partial charge is 0.493 e. The van der Waals surface area contributed by atoms with Gasteiger partial charge >= 0.3 is 0 Å². The lowest BCUT2D eigenvalue weighted by Gasteiger charge is -2.11. The molecule has 0 spiro atoms. The van der Waals surface area contributed by atoms with E-state index in [1.54, 1.807) is 44.8 Å². The lowest BCUT2D eigenvalue weighted by Crippen LogP contribution is -2.02. The lowest BCUT2D eigenvalue weighted by atomic mass is 10.2. The van der Waals surface area contributed by atoms with Gasteiger partial charge in [-0.05, 0) is 17.7 Å². The molecule has 0 saturated heterocycles. The molecule has 0 aliphatic heterocycles. The van der Waals surface area contributed by atoms with E-state index in [-0.39, 0.29) is 6.61 Å². The van der Waals surface area contributed by atoms with Crippen LogP contribution in [0.15, 0.2) is 30.6 Å². The van der Waals surface area contributed by atoms with Gasteiger partial charge in [-0.1, -0.05) is 6.07 Å². The molecule has 0 unspecified atom stereocenters. The Morgan fingerprint density at radius 2 is 2.05 bits per heavy atom. The second-order valence-electron chi connectivity index (χ2n) is 4.07. The SMILES string of the molecule is CNc1cnc(COc2ccc(CO)cc2OC)cn1. The summed E-state index contributed by atoms with van der Waals surface area (Å²) in [5.74, 6) is 1.89. The first kappa shape index (κ1) is 14.1. The van der Waals surface area contributed by atoms with Crippen LogP contribution in [0.3, 0.4) is 0 Å². The molecule has 1 heterocycles. The summed E-state index contributed by atoms with van der Waals surface area (Å²) in [6, 6.07) is 5.29. The van der Waals surface area contributed by atoms with E-state index in [4.69, 9.17) is 14.6 Å². The highest BCUT2D eigenvalue weighted by Gasteiger charge is 2.06. The second-order valence-corrected chi connectivity index (χ2v) is 4.07. The number of methoxy groups -OCH3 is 1. The predicted molar refractivity (Wildman–Crippen MR) is 74.8 cm³/mol. The van der Waals surface area contributed by atoms with Crippen LogP contribution in [0.5, 0.6) is 11.5 Å². The van der Waals surface area contributed by atoms with Crippen molar-refractivity contribution in [2.75, 3.05) is 19.5 Å². The van der Waals surface area contributed by atoms with Gasteiger partial charge in [-0.25, -0.2) is 4.98 Å². The lowest BCUT2D eigenvalue weighted by molar-refractivity contribution is 0.272. The summed E-state index contributed by atoms with van der Waals surface area (Å²) in [5, 5.41) is 12.0. The predicted octanol–water partition coefficient (Wildman–Crippen LogP) is 1.60. The van der Waals surface area contributed by atoms with Crippen molar-refractivity contribution in [3.05, 3.63) is 41.9 Å². The molecule has 0 radical (unpaired) electrons. The monoisotopic (exact) mass is 275 g/mol. The summed E-state index contributed by atoms with van der Waals surface area (Å²) in [7, 11) is 3.35. The molecule has 0 aliphatic carbocycles. The second kappa shape index (κ2) is 6.72. The summed E-state index contributed by atoms with van der Waals surface area (Å²) in [5.41, 5.74) is 1.49. The number of benzene rings is 1. The van der Waals surface area contributed by atoms with Crippen molar-refractivity contribution >= 4 is 5.82 Å². The molecule has 2 aromatic rings. The van der Waals surface area contributed by atoms with Crippen LogP contribution < -0.4 is 14.8 Å². The summed E-state index contributed by atoms with van der Waals surface area (Å²) in [6.07, 6.45) is 3.30. The van der Waals surface area contributed by atoms with E-state index in [0.29, 0.717) is 23.9 Å². The van der Waals surface area contributed by atoms with Crippen LogP contribution in [-0.4, -0.2) is 29.2 Å². The number of aliphatic hydroxyl groups is 1. The van der Waals surface area contributed by atoms with E-state index < -0.39 is 0 Å². The molecule has 2 rings (SSSR count). The van der Waals surface area contributed by atoms with E-state index in [1.165, 1.54) is 0 Å². The van der Waals surface area contributed by atoms with Crippen molar-refractivity contribution in [3.63, 3.8) is 0 Å². The van der Waals surface area contributed by atoms with Gasteiger partial charge in [0, 0.05) is 7.05 Å². The van der Waals surface area contributed by atoms with E-state index in [0.717, 1.165) is 11.3 Å². The van der Waals surface area contributed by atoms with Crippen LogP contribution in [0.2, 0.25) is 0 Å². The molecule has 106 valence electrons. The molecule has 0 amide bonds. The van der Waals surface area contributed by atoms with Gasteiger partial charge in [0.2, 0.25) is 0 Å². The summed E-state index contributed by atoms with van der Waals surface area (Å²) in [6.45, 7) is 0.263. The highest BCUT2D eigenvalue weighted by atomic mass is 16.5. The molecule has 1 aromatic heterocycles. The molecule has 1 aromatic carbocycles. The molecular formula is C14H17N3O3. The third-order valence-corrected chi connectivity index (χ3v) is 2.75. The van der Waals surface area contributed by atoms with Gasteiger partial charge in [0.05, 0.1) is 31.8 Å². The van der Waals surface area contributed by atoms with Gasteiger partial charge in [-0.3, -0.25) is 4.98 Å². The number of hydrogen-bond acceptors (Lipinski definition) is 6. The first-order valence-electron chi connectivity index (χ1n) is 6.16. The number of rotatable bonds is 6. The van der Waals surface area contributed by atoms with E-state index >= 15 is 0 Å². The molecule has 0 aliphatic rings. The first-order chi connectivity index (χ1) is 9.76. The van der Waals surface area contributed by atoms with Gasteiger partial charge in [-0.2, -0.15) is 0 Å². The van der Waals surface area contributed by atoms with Gasteiger partial charge in [0.1, 0.15) is 12.4 Å². The maximum absolute atomic E-state index is 9.09. The number of ether oxygens (including phenoxy) is 2. The zero-order chi connectivity index (χ0) is 14.4. The highest BCUT2D eigenvalue weighted by molar-refractivity contribution is 5.42. The fourth-order valence-electron chi connectivity index (χ4n) is 1.64. The Balaban J connectivity index is 2.05. The Bertz CT molecular complexity index is 558. The van der Waals surface area contributed by atoms with E-state index in [1.807, 2.05) is 0 Å². The van der Waals surface area contributed by atoms with Crippen LogP contribution >= 0.6 is 0 Å². The Hall–Kier alpha value is -2.34. The van der Waals surface area contributed by atoms with Gasteiger partial charge in [0.15, 0.2) is 11.5 Å². The topological polar surface area (TPSA) is 76.5 Å². The normalized spacial score (nSPS) is 10.2. The first-order valence-corrected chi connectivity index (χ1v) is 6.16. The number of nitrogens with one attached hydrogen (secondary N) is 1. The fourth-order valence-corrected chi connectivity index (χ4v) is 1.64. The van der Waals surface area contributed by atoms with Crippen LogP contribution in [0.1, 0.15) is 11.3 Å². The Labute approximate surface area is 117 Å². The molecule has 0 saturated carbocycles. The maximum atomic E-state index is 9.09. The molecular weight excluding hydrogens is 258 g/mol. The third-order valence-electron chi connectivity index (χ3n) is 2.75. The van der Waals surface area contributed by atoms with Crippen molar-refractivity contribution in [1.29, 1.82) is 0 Å². The van der Waals surface area contributed by atoms with Crippen molar-refractivity contribution in [3.8, 4) is 11.5 Å². The maximum Gasteiger partial charge on any atom is 0.161 e. The average molecular weight is 275 g/mol. The van der Waals surface area contributed by atoms with Crippen LogP contribution in [-0.2, 0) is 13.2 Å². The quantitative estimate of drug-likeness (QED) is 0.834. The average Bonchev–Trinajstić information content (AvgIpc) is 2.53. The summed E-state index contributed by atoms with van der Waals surface area (Å²) >= 11 is 0. The zero-order valence-electron chi connectivity index (χ0n) is 11.5. The molecule has 2 N–H and O–H groups in total. The van der Waals surface area contributed by atoms with Crippen molar-refractivity contribution in [2.45, 2.75) is 13.2 Å². The van der Waals surface area contributed by atoms with Crippen molar-refractivity contribution in [2.24, 2.45) is 0 Å². The fraction of sp³-hybridized carbons (Fsp3) is 0.286. The summed E-state index contributed by atoms with van der Waals surface area (Å²) in [4.78, 5) is 8.38. The number of hydrogen-bond donors (Lipinski definition) is 2. The smallest absolute Gasteiger partial charge is 0.161 e. The zero-order valence-corrected chi connectivity index (χ0v) is 11.5. The van der Waals surface area contributed by atoms with E-state index in [9.17, 15) is 0 Å². The van der Waals surface area contributed by atoms with Crippen LogP contribution in [0.25, 0.3) is 0 Å². The van der Waals surface area contributed by atoms with E-state index in [2.05, 4.69) is 15.3 Å². The Morgan fingerprint density at radius 3 is 2.65 bits per heavy atom. The minimum absolute atomic E-state index is 0.0341. The Morgan fingerprint density at radius 1 is 1.20 bits per heavy atom. The molecule has 6 heteroatoms. The number of aliphatic hydroxyl groups excluding tert-OH is 1. The molecule has 0 bridgehead atoms. The number of nitrogens with zero attached hydrogens (tertiary/aromatic N) is 2. The third kappa shape index (κ3) is 3.36. The molecule has 20 heavy (non-hydrogen) atoms. The molecule has 0 atom stereocenters. The van der Waals surface area contributed by atoms with Crippen molar-refractivity contribution < 1.29 is 14.6 Å². The summed E-state index contributed by atoms with van der Waals surface area (Å²) < 4.78 is 10.9. The standard InChI is InChI=1S/C14H17N3O3/c1-15-14-7-16-11(6-17-14)9-20-12-4-3-10(8-18)5-13(12)19-2/h3-7,18H,8-9H2,1-2H3,(H,15,17). The number of anilines is 1. The van der Waals surface area contributed by atoms with Gasteiger partial charge in [0.25, 0.3) is 0 Å². The van der Waals surface area contributed by atoms with Gasteiger partial charge in [-0.15, -0.1) is 0 Å². The molecule has 0 fully saturated rings. The van der Waals surface area contributed by atoms with Crippen LogP contribution in [0.4, 0.5) is 5.82 Å². The van der Waals surface area contributed by atoms with Crippen molar-refractivity contribution in [1.82, 2.24) is 9.97 Å². The Kier molecular flexibility index (Phi) is 4.73. The van der Waals surface area contributed by atoms with Crippen LogP contribution in [0, 0.1) is 0 Å². The highest BCUT2D eigenvalue weighted by Crippen LogP contribution is 2.28. The minimum Gasteiger partial charge on any atom is -0.493 e. The number of aromatic nitrogens is 2. The van der Waals surface area contributed by atoms with Gasteiger partial charge < -0.3 is 19.9 Å². The molecule has 6 nitrogen and oxygen atoms in total. The minimum atomic E-state index is -0.0341.